The van der Waals surface area contributed by atoms with Crippen LogP contribution in [0, 0.1) is 0 Å². The Hall–Kier alpha value is -8.14. The van der Waals surface area contributed by atoms with Gasteiger partial charge < -0.3 is 13.9 Å². The fourth-order valence-electron chi connectivity index (χ4n) is 11.4. The third-order valence-corrected chi connectivity index (χ3v) is 13.8. The van der Waals surface area contributed by atoms with Gasteiger partial charge >= 0.3 is 0 Å². The molecule has 2 aromatic heterocycles. The molecule has 12 aromatic rings. The van der Waals surface area contributed by atoms with Gasteiger partial charge in [-0.2, -0.15) is 0 Å². The highest BCUT2D eigenvalue weighted by Gasteiger charge is 2.50. The van der Waals surface area contributed by atoms with Crippen molar-refractivity contribution in [2.24, 2.45) is 0 Å². The molecule has 3 heteroatoms. The summed E-state index contributed by atoms with van der Waals surface area (Å²) in [5, 5.41) is 7.22. The minimum Gasteiger partial charge on any atom is -0.456 e. The maximum Gasteiger partial charge on any atom is 0.137 e. The maximum atomic E-state index is 6.59. The van der Waals surface area contributed by atoms with E-state index < -0.39 is 5.41 Å². The number of furan rings is 1. The highest BCUT2D eigenvalue weighted by molar-refractivity contribution is 6.15. The van der Waals surface area contributed by atoms with Crippen LogP contribution in [0.15, 0.2) is 223 Å². The Labute approximate surface area is 358 Å². The van der Waals surface area contributed by atoms with Gasteiger partial charge in [-0.15, -0.1) is 0 Å². The quantitative estimate of drug-likeness (QED) is 0.177. The Morgan fingerprint density at radius 2 is 0.968 bits per heavy atom. The van der Waals surface area contributed by atoms with Crippen LogP contribution in [0.25, 0.3) is 82.5 Å². The maximum absolute atomic E-state index is 6.59. The second kappa shape index (κ2) is 12.4. The number of nitrogens with zero attached hydrogens (tertiary/aromatic N) is 2. The predicted octanol–water partition coefficient (Wildman–Crippen LogP) is 15.6. The van der Waals surface area contributed by atoms with Crippen molar-refractivity contribution in [2.45, 2.75) is 5.41 Å². The third-order valence-electron chi connectivity index (χ3n) is 13.8. The molecule has 0 saturated heterocycles. The molecule has 0 unspecified atom stereocenters. The van der Waals surface area contributed by atoms with E-state index in [9.17, 15) is 0 Å². The summed E-state index contributed by atoms with van der Waals surface area (Å²) < 4.78 is 9.00. The lowest BCUT2D eigenvalue weighted by Gasteiger charge is -2.41. The molecule has 2 heterocycles. The molecule has 1 spiro atoms. The Balaban J connectivity index is 1.11. The van der Waals surface area contributed by atoms with Crippen molar-refractivity contribution in [3.05, 3.63) is 241 Å². The molecule has 0 saturated carbocycles. The van der Waals surface area contributed by atoms with E-state index >= 15 is 0 Å². The molecule has 0 aliphatic heterocycles. The third kappa shape index (κ3) is 4.34. The van der Waals surface area contributed by atoms with Crippen molar-refractivity contribution in [3.8, 4) is 27.9 Å². The minimum atomic E-state index is -0.546. The first kappa shape index (κ1) is 33.7. The number of hydrogen-bond acceptors (Lipinski definition) is 2. The molecule has 0 fully saturated rings. The molecule has 14 rings (SSSR count). The average molecular weight is 789 g/mol. The van der Waals surface area contributed by atoms with E-state index in [1.54, 1.807) is 0 Å². The molecule has 0 atom stereocenters. The molecule has 2 aliphatic carbocycles. The first-order valence-corrected chi connectivity index (χ1v) is 21.4. The van der Waals surface area contributed by atoms with Gasteiger partial charge in [0.15, 0.2) is 0 Å². The highest BCUT2D eigenvalue weighted by atomic mass is 16.3. The zero-order valence-electron chi connectivity index (χ0n) is 33.6. The number of aromatic nitrogens is 1. The van der Waals surface area contributed by atoms with Crippen molar-refractivity contribution >= 4 is 71.6 Å². The van der Waals surface area contributed by atoms with Crippen LogP contribution in [-0.2, 0) is 5.41 Å². The summed E-state index contributed by atoms with van der Waals surface area (Å²) >= 11 is 0. The van der Waals surface area contributed by atoms with Gasteiger partial charge in [0, 0.05) is 33.2 Å². The summed E-state index contributed by atoms with van der Waals surface area (Å²) in [5.41, 5.74) is 18.3. The first-order valence-electron chi connectivity index (χ1n) is 21.4. The molecule has 10 aromatic carbocycles. The van der Waals surface area contributed by atoms with Crippen LogP contribution in [-0.4, -0.2) is 4.57 Å². The SMILES string of the molecule is c1ccc(-n2c3ccccc3c3ccc(N(c4ccc5c(c4)C4(c6ccccc6-c6ccccc64)c4cccc6cccc-5c46)c4cccc5oc6ccccc6c45)cc32)cc1. The number of hydrogen-bond donors (Lipinski definition) is 0. The van der Waals surface area contributed by atoms with E-state index in [0.717, 1.165) is 50.2 Å². The molecular formula is C59H36N2O. The minimum absolute atomic E-state index is 0.546. The van der Waals surface area contributed by atoms with Crippen LogP contribution >= 0.6 is 0 Å². The van der Waals surface area contributed by atoms with Crippen LogP contribution in [0.5, 0.6) is 0 Å². The van der Waals surface area contributed by atoms with Crippen LogP contribution in [0.4, 0.5) is 17.1 Å². The fourth-order valence-corrected chi connectivity index (χ4v) is 11.4. The van der Waals surface area contributed by atoms with Gasteiger partial charge in [0.25, 0.3) is 0 Å². The van der Waals surface area contributed by atoms with E-state index in [4.69, 9.17) is 4.42 Å². The lowest BCUT2D eigenvalue weighted by molar-refractivity contribution is 0.669. The van der Waals surface area contributed by atoms with Gasteiger partial charge in [0.1, 0.15) is 11.2 Å². The largest absolute Gasteiger partial charge is 0.456 e. The van der Waals surface area contributed by atoms with Crippen molar-refractivity contribution in [1.29, 1.82) is 0 Å². The Morgan fingerprint density at radius 1 is 0.371 bits per heavy atom. The molecule has 3 nitrogen and oxygen atoms in total. The standard InChI is InChI=1S/C59H36N2O/c1-2-17-38(18-3-1)61-52-27-10-6-21-44(52)45-34-32-40(36-54(45)61)60(53-28-14-30-56-58(53)47-22-7-11-29-55(47)62-56)39-31-33-43-46-23-12-15-37-16-13-26-50(57(37)46)59(51(43)35-39)48-24-8-4-19-41(48)42-20-5-9-25-49(42)59/h1-36H. The van der Waals surface area contributed by atoms with E-state index in [1.807, 2.05) is 0 Å². The second-order valence-electron chi connectivity index (χ2n) is 16.8. The van der Waals surface area contributed by atoms with Crippen LogP contribution < -0.4 is 4.90 Å². The van der Waals surface area contributed by atoms with Gasteiger partial charge in [-0.1, -0.05) is 158 Å². The summed E-state index contributed by atoms with van der Waals surface area (Å²) in [6, 6.07) is 80.5. The molecule has 0 N–H and O–H groups in total. The number of para-hydroxylation sites is 3. The number of benzene rings is 10. The van der Waals surface area contributed by atoms with Crippen LogP contribution in [0.2, 0.25) is 0 Å². The molecule has 0 radical (unpaired) electrons. The molecular weight excluding hydrogens is 753 g/mol. The van der Waals surface area contributed by atoms with Crippen LogP contribution in [0.3, 0.4) is 0 Å². The van der Waals surface area contributed by atoms with Crippen molar-refractivity contribution < 1.29 is 4.42 Å². The van der Waals surface area contributed by atoms with E-state index in [0.29, 0.717) is 0 Å². The number of anilines is 3. The summed E-state index contributed by atoms with van der Waals surface area (Å²) in [4.78, 5) is 2.47. The smallest absolute Gasteiger partial charge is 0.137 e. The summed E-state index contributed by atoms with van der Waals surface area (Å²) in [5.74, 6) is 0. The highest BCUT2D eigenvalue weighted by Crippen LogP contribution is 2.62. The Bertz CT molecular complexity index is 3780. The van der Waals surface area contributed by atoms with Crippen molar-refractivity contribution in [3.63, 3.8) is 0 Å². The second-order valence-corrected chi connectivity index (χ2v) is 16.8. The van der Waals surface area contributed by atoms with Gasteiger partial charge in [0.2, 0.25) is 0 Å². The summed E-state index contributed by atoms with van der Waals surface area (Å²) in [7, 11) is 0. The lowest BCUT2D eigenvalue weighted by atomic mass is 9.61. The van der Waals surface area contributed by atoms with Crippen LogP contribution in [0.1, 0.15) is 22.3 Å². The molecule has 2 aliphatic rings. The fraction of sp³-hybridized carbons (Fsp3) is 0.0169. The molecule has 0 bridgehead atoms. The molecule has 0 amide bonds. The first-order chi connectivity index (χ1) is 30.8. The summed E-state index contributed by atoms with van der Waals surface area (Å²) in [6.45, 7) is 0. The Kier molecular flexibility index (Phi) is 6.76. The van der Waals surface area contributed by atoms with Gasteiger partial charge in [-0.05, 0) is 116 Å². The zero-order chi connectivity index (χ0) is 40.5. The van der Waals surface area contributed by atoms with Gasteiger partial charge in [-0.3, -0.25) is 0 Å². The molecule has 62 heavy (non-hydrogen) atoms. The lowest BCUT2D eigenvalue weighted by Crippen LogP contribution is -2.32. The van der Waals surface area contributed by atoms with E-state index in [-0.39, 0.29) is 0 Å². The Morgan fingerprint density at radius 3 is 1.81 bits per heavy atom. The number of fused-ring (bicyclic) bond motifs is 15. The van der Waals surface area contributed by atoms with Crippen molar-refractivity contribution in [1.82, 2.24) is 4.57 Å². The van der Waals surface area contributed by atoms with Gasteiger partial charge in [0.05, 0.1) is 27.5 Å². The van der Waals surface area contributed by atoms with Crippen molar-refractivity contribution in [2.75, 3.05) is 4.90 Å². The number of rotatable bonds is 4. The van der Waals surface area contributed by atoms with E-state index in [2.05, 4.69) is 228 Å². The van der Waals surface area contributed by atoms with Gasteiger partial charge in [-0.25, -0.2) is 0 Å². The predicted molar refractivity (Wildman–Crippen MR) is 257 cm³/mol. The molecule has 288 valence electrons. The zero-order valence-corrected chi connectivity index (χ0v) is 33.6. The van der Waals surface area contributed by atoms with E-state index in [1.165, 1.54) is 71.6 Å². The monoisotopic (exact) mass is 788 g/mol. The topological polar surface area (TPSA) is 21.3 Å². The average Bonchev–Trinajstić information content (AvgIpc) is 3.98. The normalized spacial score (nSPS) is 13.3. The summed E-state index contributed by atoms with van der Waals surface area (Å²) in [6.07, 6.45) is 0.